The van der Waals surface area contributed by atoms with Crippen molar-refractivity contribution in [1.82, 2.24) is 0 Å². The molecule has 0 saturated carbocycles. The molecule has 7 heteroatoms. The minimum Gasteiger partial charge on any atom is -0.802 e. The molecule has 4 nitrogen and oxygen atoms in total. The third kappa shape index (κ3) is 32.0. The fourth-order valence-corrected chi connectivity index (χ4v) is 1.22. The van der Waals surface area contributed by atoms with Crippen LogP contribution >= 0.6 is 16.1 Å². The Morgan fingerprint density at radius 1 is 0.923 bits per heavy atom. The molecule has 0 heterocycles. The van der Waals surface area contributed by atoms with Crippen molar-refractivity contribution in [3.63, 3.8) is 0 Å². The first-order valence-electron chi connectivity index (χ1n) is 3.94. The molecule has 0 spiro atoms. The normalized spacial score (nSPS) is 13.2. The monoisotopic (exact) mass is 238 g/mol. The molecule has 0 fully saturated rings. The van der Waals surface area contributed by atoms with Crippen LogP contribution in [0.5, 0.6) is 0 Å². The van der Waals surface area contributed by atoms with E-state index in [0.717, 1.165) is 12.8 Å². The van der Waals surface area contributed by atoms with Gasteiger partial charge in [-0.3, -0.25) is 0 Å². The molecule has 0 aromatic rings. The molecule has 0 aromatic carbocycles. The predicted octanol–water partition coefficient (Wildman–Crippen LogP) is 0.0820. The zero-order valence-corrected chi connectivity index (χ0v) is 11.6. The maximum Gasteiger partial charge on any atom is 2.00 e. The third-order valence-electron chi connectivity index (χ3n) is 0.908. The Morgan fingerprint density at radius 2 is 1.15 bits per heavy atom. The van der Waals surface area contributed by atoms with Crippen molar-refractivity contribution in [2.75, 3.05) is 12.3 Å². The third-order valence-corrected chi connectivity index (χ3v) is 2.72. The summed E-state index contributed by atoms with van der Waals surface area (Å²) in [6, 6.07) is 0. The summed E-state index contributed by atoms with van der Waals surface area (Å²) in [6.07, 6.45) is 2.23. The summed E-state index contributed by atoms with van der Waals surface area (Å²) in [4.78, 5) is 19.3. The summed E-state index contributed by atoms with van der Waals surface area (Å²) in [7, 11) is -4.77. The van der Waals surface area contributed by atoms with E-state index in [1.54, 1.807) is 0 Å². The molecule has 13 heavy (non-hydrogen) atoms. The second-order valence-electron chi connectivity index (χ2n) is 2.24. The first-order valence-corrected chi connectivity index (χ1v) is 6.99. The molecular weight excluding hydrogens is 222 g/mol. The van der Waals surface area contributed by atoms with Crippen molar-refractivity contribution >= 4 is 39.1 Å². The Labute approximate surface area is 97.0 Å². The van der Waals surface area contributed by atoms with E-state index in [2.05, 4.69) is 0 Å². The predicted molar refractivity (Wildman–Crippen MR) is 54.1 cm³/mol. The largest absolute Gasteiger partial charge is 2.00 e. The van der Waals surface area contributed by atoms with Gasteiger partial charge >= 0.3 is 23.1 Å². The summed E-state index contributed by atoms with van der Waals surface area (Å²) in [5.41, 5.74) is 0. The molecule has 0 aromatic heterocycles. The minimum atomic E-state index is -2.39. The van der Waals surface area contributed by atoms with Crippen molar-refractivity contribution in [3.8, 4) is 0 Å². The Morgan fingerprint density at radius 3 is 1.15 bits per heavy atom. The zero-order chi connectivity index (χ0) is 9.98. The smallest absolute Gasteiger partial charge is 0.802 e. The number of rotatable bonds is 4. The molecular formula is C6H16MgO4P2. The van der Waals surface area contributed by atoms with E-state index in [9.17, 15) is 18.9 Å². The molecule has 0 aliphatic carbocycles. The second-order valence-corrected chi connectivity index (χ2v) is 4.73. The van der Waals surface area contributed by atoms with Crippen molar-refractivity contribution in [2.45, 2.75) is 26.7 Å². The van der Waals surface area contributed by atoms with E-state index >= 15 is 0 Å². The standard InChI is InChI=1S/2C3H9O2P.Mg/c2*1-2-3-6(4)5;/h2*6H,2-3H2,1H3,(H,4,5);/q;;+2/p-2. The van der Waals surface area contributed by atoms with Gasteiger partial charge in [-0.15, -0.1) is 0 Å². The molecule has 0 saturated heterocycles. The van der Waals surface area contributed by atoms with Gasteiger partial charge in [0.25, 0.3) is 0 Å². The van der Waals surface area contributed by atoms with Crippen LogP contribution in [-0.4, -0.2) is 35.4 Å². The van der Waals surface area contributed by atoms with Gasteiger partial charge in [-0.2, -0.15) is 0 Å². The van der Waals surface area contributed by atoms with Gasteiger partial charge in [0, 0.05) is 16.1 Å². The molecule has 0 bridgehead atoms. The molecule has 0 N–H and O–H groups in total. The van der Waals surface area contributed by atoms with Crippen LogP contribution < -0.4 is 9.79 Å². The topological polar surface area (TPSA) is 80.3 Å². The maximum atomic E-state index is 9.67. The summed E-state index contributed by atoms with van der Waals surface area (Å²) in [6.45, 7) is 3.70. The van der Waals surface area contributed by atoms with Crippen LogP contribution in [-0.2, 0) is 9.13 Å². The van der Waals surface area contributed by atoms with Crippen LogP contribution in [0.25, 0.3) is 0 Å². The maximum absolute atomic E-state index is 9.67. The zero-order valence-electron chi connectivity index (χ0n) is 8.17. The average Bonchev–Trinajstić information content (AvgIpc) is 1.87. The van der Waals surface area contributed by atoms with E-state index < -0.39 is 16.1 Å². The first-order chi connectivity index (χ1) is 5.54. The fourth-order valence-electron chi connectivity index (χ4n) is 0.408. The Hall–Kier alpha value is 1.15. The summed E-state index contributed by atoms with van der Waals surface area (Å²) < 4.78 is 19.3. The van der Waals surface area contributed by atoms with Crippen LogP contribution in [0.15, 0.2) is 0 Å². The summed E-state index contributed by atoms with van der Waals surface area (Å²) in [5, 5.41) is 0. The van der Waals surface area contributed by atoms with Crippen LogP contribution in [0.4, 0.5) is 0 Å². The molecule has 0 aliphatic heterocycles. The van der Waals surface area contributed by atoms with Gasteiger partial charge in [0.05, 0.1) is 0 Å². The second kappa shape index (κ2) is 15.6. The fraction of sp³-hybridized carbons (Fsp3) is 1.00. The van der Waals surface area contributed by atoms with Crippen molar-refractivity contribution in [2.24, 2.45) is 0 Å². The van der Waals surface area contributed by atoms with Crippen LogP contribution in [0, 0.1) is 0 Å². The summed E-state index contributed by atoms with van der Waals surface area (Å²) in [5.74, 6) is 0. The van der Waals surface area contributed by atoms with Gasteiger partial charge < -0.3 is 18.9 Å². The van der Waals surface area contributed by atoms with E-state index in [1.807, 2.05) is 13.8 Å². The van der Waals surface area contributed by atoms with Crippen molar-refractivity contribution < 1.29 is 18.9 Å². The quantitative estimate of drug-likeness (QED) is 0.513. The SMILES string of the molecule is CCC[PH](=O)[O-].CCC[PH](=O)[O-].[Mg+2]. The number of hydrogen-bond acceptors (Lipinski definition) is 4. The average molecular weight is 238 g/mol. The van der Waals surface area contributed by atoms with E-state index in [-0.39, 0.29) is 23.1 Å². The minimum absolute atomic E-state index is 0. The van der Waals surface area contributed by atoms with Gasteiger partial charge in [0.1, 0.15) is 0 Å². The first kappa shape index (κ1) is 19.7. The van der Waals surface area contributed by atoms with E-state index in [0.29, 0.717) is 12.3 Å². The van der Waals surface area contributed by atoms with Gasteiger partial charge in [0.15, 0.2) is 0 Å². The van der Waals surface area contributed by atoms with Crippen LogP contribution in [0.3, 0.4) is 0 Å². The van der Waals surface area contributed by atoms with E-state index in [1.165, 1.54) is 0 Å². The Kier molecular flexibility index (Phi) is 23.6. The van der Waals surface area contributed by atoms with Crippen LogP contribution in [0.1, 0.15) is 26.7 Å². The molecule has 0 amide bonds. The van der Waals surface area contributed by atoms with Gasteiger partial charge in [-0.25, -0.2) is 0 Å². The molecule has 76 valence electrons. The van der Waals surface area contributed by atoms with Gasteiger partial charge in [-0.1, -0.05) is 26.7 Å². The molecule has 0 aliphatic rings. The summed E-state index contributed by atoms with van der Waals surface area (Å²) >= 11 is 0. The Balaban J connectivity index is -0.000000143. The molecule has 0 rings (SSSR count). The number of hydrogen-bond donors (Lipinski definition) is 0. The van der Waals surface area contributed by atoms with E-state index in [4.69, 9.17) is 0 Å². The van der Waals surface area contributed by atoms with Gasteiger partial charge in [0.2, 0.25) is 0 Å². The molecule has 2 unspecified atom stereocenters. The molecule has 2 atom stereocenters. The van der Waals surface area contributed by atoms with Crippen molar-refractivity contribution in [1.29, 1.82) is 0 Å². The van der Waals surface area contributed by atoms with Gasteiger partial charge in [-0.05, 0) is 12.3 Å². The van der Waals surface area contributed by atoms with Crippen molar-refractivity contribution in [3.05, 3.63) is 0 Å². The molecule has 0 radical (unpaired) electrons. The van der Waals surface area contributed by atoms with Crippen LogP contribution in [0.2, 0.25) is 0 Å². The Bertz CT molecular complexity index is 127.